The average molecular weight is 252 g/mol. The van der Waals surface area contributed by atoms with Gasteiger partial charge in [0.25, 0.3) is 0 Å². The van der Waals surface area contributed by atoms with Crippen molar-refractivity contribution in [2.45, 2.75) is 33.6 Å². The van der Waals surface area contributed by atoms with Gasteiger partial charge < -0.3 is 4.90 Å². The highest BCUT2D eigenvalue weighted by atomic mass is 32.1. The minimum absolute atomic E-state index is 0.0827. The number of carbonyl (C=O) groups is 1. The molecule has 0 bridgehead atoms. The highest BCUT2D eigenvalue weighted by Crippen LogP contribution is 2.09. The SMILES string of the molecule is CCCN(CCC)C(=O)/C=C/c1csc(C)n1. The number of carbonyl (C=O) groups excluding carboxylic acids is 1. The van der Waals surface area contributed by atoms with Crippen LogP contribution in [-0.4, -0.2) is 28.9 Å². The van der Waals surface area contributed by atoms with E-state index in [0.717, 1.165) is 36.6 Å². The van der Waals surface area contributed by atoms with Gasteiger partial charge in [0, 0.05) is 24.5 Å². The lowest BCUT2D eigenvalue weighted by atomic mass is 10.3. The first kappa shape index (κ1) is 13.9. The molecule has 0 aliphatic carbocycles. The van der Waals surface area contributed by atoms with Gasteiger partial charge in [-0.25, -0.2) is 4.98 Å². The molecule has 94 valence electrons. The quantitative estimate of drug-likeness (QED) is 0.729. The maximum atomic E-state index is 11.9. The summed E-state index contributed by atoms with van der Waals surface area (Å²) in [5, 5.41) is 2.99. The van der Waals surface area contributed by atoms with E-state index in [1.807, 2.05) is 17.2 Å². The molecule has 0 aromatic carbocycles. The van der Waals surface area contributed by atoms with Gasteiger partial charge in [-0.2, -0.15) is 0 Å². The Morgan fingerprint density at radius 2 is 2.06 bits per heavy atom. The highest BCUT2D eigenvalue weighted by Gasteiger charge is 2.07. The maximum Gasteiger partial charge on any atom is 0.246 e. The van der Waals surface area contributed by atoms with Gasteiger partial charge in [0.1, 0.15) is 0 Å². The van der Waals surface area contributed by atoms with E-state index in [0.29, 0.717) is 0 Å². The Kier molecular flexibility index (Phi) is 5.91. The van der Waals surface area contributed by atoms with Crippen molar-refractivity contribution in [1.82, 2.24) is 9.88 Å². The topological polar surface area (TPSA) is 33.2 Å². The van der Waals surface area contributed by atoms with E-state index in [-0.39, 0.29) is 5.91 Å². The molecule has 0 aliphatic rings. The zero-order valence-corrected chi connectivity index (χ0v) is 11.6. The fourth-order valence-electron chi connectivity index (χ4n) is 1.59. The number of hydrogen-bond acceptors (Lipinski definition) is 3. The standard InChI is InChI=1S/C13H20N2OS/c1-4-8-15(9-5-2)13(16)7-6-12-10-17-11(3)14-12/h6-7,10H,4-5,8-9H2,1-3H3/b7-6+. The van der Waals surface area contributed by atoms with Crippen LogP contribution in [0.3, 0.4) is 0 Å². The van der Waals surface area contributed by atoms with Crippen LogP contribution in [-0.2, 0) is 4.79 Å². The molecule has 3 nitrogen and oxygen atoms in total. The summed E-state index contributed by atoms with van der Waals surface area (Å²) in [6.07, 6.45) is 5.41. The molecule has 1 aromatic rings. The molecule has 0 unspecified atom stereocenters. The summed E-state index contributed by atoms with van der Waals surface area (Å²) in [6.45, 7) is 7.79. The average Bonchev–Trinajstić information content (AvgIpc) is 2.72. The molecule has 1 amide bonds. The Bertz CT molecular complexity index is 379. The number of amides is 1. The number of nitrogens with zero attached hydrogens (tertiary/aromatic N) is 2. The fraction of sp³-hybridized carbons (Fsp3) is 0.538. The van der Waals surface area contributed by atoms with E-state index in [4.69, 9.17) is 0 Å². The second-order valence-corrected chi connectivity index (χ2v) is 5.01. The third-order valence-electron chi connectivity index (χ3n) is 2.33. The Morgan fingerprint density at radius 3 is 2.53 bits per heavy atom. The van der Waals surface area contributed by atoms with Crippen LogP contribution in [0.15, 0.2) is 11.5 Å². The van der Waals surface area contributed by atoms with E-state index >= 15 is 0 Å². The highest BCUT2D eigenvalue weighted by molar-refractivity contribution is 7.09. The molecular weight excluding hydrogens is 232 g/mol. The second-order valence-electron chi connectivity index (χ2n) is 3.95. The van der Waals surface area contributed by atoms with Crippen LogP contribution in [0.25, 0.3) is 6.08 Å². The van der Waals surface area contributed by atoms with Crippen molar-refractivity contribution in [1.29, 1.82) is 0 Å². The lowest BCUT2D eigenvalue weighted by Crippen LogP contribution is -2.30. The van der Waals surface area contributed by atoms with Gasteiger partial charge in [-0.1, -0.05) is 13.8 Å². The van der Waals surface area contributed by atoms with Crippen molar-refractivity contribution >= 4 is 23.3 Å². The van der Waals surface area contributed by atoms with Gasteiger partial charge in [-0.15, -0.1) is 11.3 Å². The van der Waals surface area contributed by atoms with Crippen molar-refractivity contribution in [3.63, 3.8) is 0 Å². The van der Waals surface area contributed by atoms with Crippen molar-refractivity contribution in [3.05, 3.63) is 22.2 Å². The largest absolute Gasteiger partial charge is 0.339 e. The number of rotatable bonds is 6. The summed E-state index contributed by atoms with van der Waals surface area (Å²) >= 11 is 1.60. The van der Waals surface area contributed by atoms with Crippen molar-refractivity contribution in [2.24, 2.45) is 0 Å². The van der Waals surface area contributed by atoms with Crippen molar-refractivity contribution < 1.29 is 4.79 Å². The molecule has 0 N–H and O–H groups in total. The first-order chi connectivity index (χ1) is 8.17. The molecule has 0 saturated carbocycles. The minimum atomic E-state index is 0.0827. The zero-order valence-electron chi connectivity index (χ0n) is 10.8. The van der Waals surface area contributed by atoms with Crippen LogP contribution in [0.2, 0.25) is 0 Å². The zero-order chi connectivity index (χ0) is 12.7. The molecule has 0 aliphatic heterocycles. The van der Waals surface area contributed by atoms with Crippen LogP contribution in [0.4, 0.5) is 0 Å². The predicted octanol–water partition coefficient (Wildman–Crippen LogP) is 3.11. The van der Waals surface area contributed by atoms with Gasteiger partial charge in [-0.3, -0.25) is 4.79 Å². The van der Waals surface area contributed by atoms with E-state index in [2.05, 4.69) is 18.8 Å². The Labute approximate surface area is 107 Å². The molecule has 0 atom stereocenters. The van der Waals surface area contributed by atoms with E-state index < -0.39 is 0 Å². The molecule has 0 fully saturated rings. The Balaban J connectivity index is 2.59. The molecule has 1 rings (SSSR count). The van der Waals surface area contributed by atoms with Crippen LogP contribution in [0.5, 0.6) is 0 Å². The van der Waals surface area contributed by atoms with Crippen molar-refractivity contribution in [2.75, 3.05) is 13.1 Å². The second kappa shape index (κ2) is 7.22. The molecule has 1 aromatic heterocycles. The van der Waals surface area contributed by atoms with Gasteiger partial charge in [0.05, 0.1) is 10.7 Å². The minimum Gasteiger partial charge on any atom is -0.339 e. The summed E-state index contributed by atoms with van der Waals surface area (Å²) in [5.41, 5.74) is 0.869. The lowest BCUT2D eigenvalue weighted by Gasteiger charge is -2.19. The third kappa shape index (κ3) is 4.69. The number of aryl methyl sites for hydroxylation is 1. The molecule has 0 spiro atoms. The van der Waals surface area contributed by atoms with Gasteiger partial charge in [0.2, 0.25) is 5.91 Å². The predicted molar refractivity (Wildman–Crippen MR) is 73.0 cm³/mol. The fourth-order valence-corrected chi connectivity index (χ4v) is 2.17. The number of aromatic nitrogens is 1. The Hall–Kier alpha value is -1.16. The van der Waals surface area contributed by atoms with E-state index in [9.17, 15) is 4.79 Å². The van der Waals surface area contributed by atoms with Gasteiger partial charge >= 0.3 is 0 Å². The molecule has 0 saturated heterocycles. The number of hydrogen-bond donors (Lipinski definition) is 0. The van der Waals surface area contributed by atoms with Crippen LogP contribution in [0.1, 0.15) is 37.4 Å². The number of thiazole rings is 1. The maximum absolute atomic E-state index is 11.9. The Morgan fingerprint density at radius 1 is 1.41 bits per heavy atom. The van der Waals surface area contributed by atoms with Gasteiger partial charge in [0.15, 0.2) is 0 Å². The summed E-state index contributed by atoms with van der Waals surface area (Å²) in [6, 6.07) is 0. The first-order valence-electron chi connectivity index (χ1n) is 6.06. The van der Waals surface area contributed by atoms with Crippen LogP contribution >= 0.6 is 11.3 Å². The summed E-state index contributed by atoms with van der Waals surface area (Å²) in [4.78, 5) is 18.1. The monoisotopic (exact) mass is 252 g/mol. The summed E-state index contributed by atoms with van der Waals surface area (Å²) in [7, 11) is 0. The molecule has 0 radical (unpaired) electrons. The smallest absolute Gasteiger partial charge is 0.246 e. The molecule has 4 heteroatoms. The van der Waals surface area contributed by atoms with E-state index in [1.54, 1.807) is 23.5 Å². The molecule has 1 heterocycles. The molecular formula is C13H20N2OS. The normalized spacial score (nSPS) is 11.0. The van der Waals surface area contributed by atoms with Crippen molar-refractivity contribution in [3.8, 4) is 0 Å². The molecule has 17 heavy (non-hydrogen) atoms. The van der Waals surface area contributed by atoms with Crippen LogP contribution < -0.4 is 0 Å². The lowest BCUT2D eigenvalue weighted by molar-refractivity contribution is -0.126. The third-order valence-corrected chi connectivity index (χ3v) is 3.12. The van der Waals surface area contributed by atoms with Crippen LogP contribution in [0, 0.1) is 6.92 Å². The van der Waals surface area contributed by atoms with Gasteiger partial charge in [-0.05, 0) is 25.8 Å². The summed E-state index contributed by atoms with van der Waals surface area (Å²) in [5.74, 6) is 0.0827. The first-order valence-corrected chi connectivity index (χ1v) is 6.94. The summed E-state index contributed by atoms with van der Waals surface area (Å²) < 4.78 is 0. The van der Waals surface area contributed by atoms with E-state index in [1.165, 1.54) is 0 Å².